The van der Waals surface area contributed by atoms with E-state index in [0.717, 1.165) is 110 Å². The van der Waals surface area contributed by atoms with Crippen molar-refractivity contribution in [3.63, 3.8) is 0 Å². The molecule has 0 spiro atoms. The van der Waals surface area contributed by atoms with Gasteiger partial charge in [-0.1, -0.05) is 104 Å². The third-order valence-electron chi connectivity index (χ3n) is 17.5. The van der Waals surface area contributed by atoms with Gasteiger partial charge in [-0.3, -0.25) is 14.4 Å². The van der Waals surface area contributed by atoms with Crippen molar-refractivity contribution < 1.29 is 32.3 Å². The maximum Gasteiger partial charge on any atom is 0.306 e. The first kappa shape index (κ1) is 53.2. The van der Waals surface area contributed by atoms with Crippen LogP contribution in [0.15, 0.2) is 60.2 Å². The second-order valence-electron chi connectivity index (χ2n) is 22.5. The molecule has 8 atom stereocenters. The van der Waals surface area contributed by atoms with Gasteiger partial charge in [-0.05, 0) is 159 Å². The summed E-state index contributed by atoms with van der Waals surface area (Å²) in [5.74, 6) is -1.53. The number of amides is 1. The largest absolute Gasteiger partial charge is 0.469 e. The number of carbonyl (C=O) groups excluding carboxylic acids is 3. The van der Waals surface area contributed by atoms with Crippen LogP contribution in [0, 0.1) is 59.9 Å². The number of methoxy groups -OCH3 is 1. The van der Waals surface area contributed by atoms with Gasteiger partial charge in [0.2, 0.25) is 5.91 Å². The highest BCUT2D eigenvalue weighted by molar-refractivity contribution is 5.91. The van der Waals surface area contributed by atoms with Crippen molar-refractivity contribution in [2.75, 3.05) is 12.0 Å². The molecule has 9 rings (SSSR count). The van der Waals surface area contributed by atoms with Crippen LogP contribution >= 0.6 is 0 Å². The van der Waals surface area contributed by atoms with Crippen LogP contribution in [-0.4, -0.2) is 35.8 Å². The van der Waals surface area contributed by atoms with Gasteiger partial charge in [-0.25, -0.2) is 13.2 Å². The highest BCUT2D eigenvalue weighted by Crippen LogP contribution is 2.53. The number of esters is 1. The van der Waals surface area contributed by atoms with Gasteiger partial charge in [0.15, 0.2) is 5.78 Å². The molecule has 2 N–H and O–H groups in total. The monoisotopic (exact) mass is 988 g/mol. The highest BCUT2D eigenvalue weighted by Gasteiger charge is 2.43. The number of H-pyrrole nitrogens is 1. The molecule has 5 aliphatic rings. The molecule has 1 aliphatic heterocycles. The van der Waals surface area contributed by atoms with E-state index in [1.807, 2.05) is 39.8 Å². The molecule has 3 aromatic carbocycles. The summed E-state index contributed by atoms with van der Waals surface area (Å²) in [5, 5.41) is 3.71. The number of nitrogens with one attached hydrogen (secondary N) is 2. The number of hydrogen-bond donors (Lipinski definition) is 2. The second-order valence-corrected chi connectivity index (χ2v) is 22.5. The molecule has 0 radical (unpaired) electrons. The number of anilines is 1. The summed E-state index contributed by atoms with van der Waals surface area (Å²) < 4.78 is 55.2. The van der Waals surface area contributed by atoms with Crippen LogP contribution in [-0.2, 0) is 25.5 Å². The quantitative estimate of drug-likeness (QED) is 0.0915. The van der Waals surface area contributed by atoms with Gasteiger partial charge < -0.3 is 19.9 Å². The number of halogens is 3. The van der Waals surface area contributed by atoms with Crippen molar-refractivity contribution in [2.24, 2.45) is 35.5 Å². The topological polar surface area (TPSA) is 91.5 Å². The molecule has 1 aromatic heterocycles. The van der Waals surface area contributed by atoms with E-state index in [1.165, 1.54) is 37.3 Å². The Bertz CT molecular complexity index is 2670. The van der Waals surface area contributed by atoms with E-state index in [4.69, 9.17) is 4.74 Å². The predicted octanol–water partition coefficient (Wildman–Crippen LogP) is 15.4. The lowest BCUT2D eigenvalue weighted by Gasteiger charge is -2.35. The van der Waals surface area contributed by atoms with Crippen molar-refractivity contribution in [3.8, 4) is 0 Å². The summed E-state index contributed by atoms with van der Waals surface area (Å²) in [6.45, 7) is 20.4. The van der Waals surface area contributed by atoms with Crippen LogP contribution in [0.5, 0.6) is 0 Å². The van der Waals surface area contributed by atoms with E-state index >= 15 is 13.2 Å². The number of rotatable bonds is 15. The maximum atomic E-state index is 16.9. The Morgan fingerprint density at radius 1 is 0.764 bits per heavy atom. The average Bonchev–Trinajstić information content (AvgIpc) is 4.22. The zero-order valence-corrected chi connectivity index (χ0v) is 44.5. The zero-order valence-electron chi connectivity index (χ0n) is 44.5. The van der Waals surface area contributed by atoms with Crippen molar-refractivity contribution in [3.05, 3.63) is 117 Å². The van der Waals surface area contributed by atoms with E-state index < -0.39 is 29.5 Å². The summed E-state index contributed by atoms with van der Waals surface area (Å²) in [4.78, 5) is 44.1. The number of aromatic nitrogens is 1. The van der Waals surface area contributed by atoms with E-state index in [1.54, 1.807) is 6.07 Å². The van der Waals surface area contributed by atoms with Gasteiger partial charge in [-0.2, -0.15) is 0 Å². The van der Waals surface area contributed by atoms with Crippen LogP contribution in [0.2, 0.25) is 0 Å². The van der Waals surface area contributed by atoms with E-state index in [2.05, 4.69) is 60.8 Å². The third-order valence-corrected chi connectivity index (χ3v) is 17.5. The fraction of sp³-hybridized carbons (Fsp3) is 0.565. The van der Waals surface area contributed by atoms with Gasteiger partial charge in [0.1, 0.15) is 17.5 Å². The third kappa shape index (κ3) is 10.6. The number of ether oxygens (including phenoxy) is 1. The van der Waals surface area contributed by atoms with Gasteiger partial charge >= 0.3 is 5.97 Å². The summed E-state index contributed by atoms with van der Waals surface area (Å²) in [7, 11) is 1.45. The number of benzene rings is 3. The zero-order chi connectivity index (χ0) is 51.7. The highest BCUT2D eigenvalue weighted by atomic mass is 19.1. The first-order valence-electron chi connectivity index (χ1n) is 27.5. The van der Waals surface area contributed by atoms with E-state index in [9.17, 15) is 14.4 Å². The van der Waals surface area contributed by atoms with Gasteiger partial charge in [0, 0.05) is 52.2 Å². The number of allylic oxidation sites excluding steroid dienone is 2. The molecule has 4 fully saturated rings. The molecule has 72 heavy (non-hydrogen) atoms. The molecule has 7 nitrogen and oxygen atoms in total. The molecule has 3 saturated carbocycles. The number of aryl methyl sites for hydroxylation is 1. The van der Waals surface area contributed by atoms with Gasteiger partial charge in [0.25, 0.3) is 0 Å². The lowest BCUT2D eigenvalue weighted by atomic mass is 9.74. The van der Waals surface area contributed by atoms with E-state index in [-0.39, 0.29) is 70.7 Å². The Morgan fingerprint density at radius 2 is 1.42 bits per heavy atom. The molecule has 1 saturated heterocycles. The molecule has 4 aromatic rings. The minimum atomic E-state index is -0.579. The number of fused-ring (bicyclic) bond motifs is 2. The minimum absolute atomic E-state index is 0.0364. The molecule has 10 heteroatoms. The molecular formula is C62H80F3N3O4. The van der Waals surface area contributed by atoms with Crippen LogP contribution in [0.1, 0.15) is 201 Å². The summed E-state index contributed by atoms with van der Waals surface area (Å²) in [5.41, 5.74) is 9.71. The Balaban J connectivity index is 0.00000342. The number of hydrogen-bond acceptors (Lipinski definition) is 5. The molecule has 0 bridgehead atoms. The van der Waals surface area contributed by atoms with Crippen molar-refractivity contribution in [1.29, 1.82) is 0 Å². The van der Waals surface area contributed by atoms with Crippen LogP contribution < -0.4 is 10.2 Å². The summed E-state index contributed by atoms with van der Waals surface area (Å²) in [6.07, 6.45) is 14.9. The Labute approximate surface area is 427 Å². The molecule has 4 aliphatic carbocycles. The van der Waals surface area contributed by atoms with Crippen LogP contribution in [0.25, 0.3) is 17.0 Å². The predicted molar refractivity (Wildman–Crippen MR) is 284 cm³/mol. The second kappa shape index (κ2) is 22.6. The maximum absolute atomic E-state index is 16.9. The molecule has 1 amide bonds. The average molecular weight is 988 g/mol. The first-order valence-corrected chi connectivity index (χ1v) is 27.5. The normalized spacial score (nSPS) is 24.0. The standard InChI is InChI=1S/C60H74F3N3O4.C2H6/c1-32(2)47(30-57(68)70-8)35(6)43-16-12-17-44(43)40-23-38-22-34(5)48(25-39(38)24-40)55-20-21-56(66(55)42-28-51(62)58(52(63)29-42)37-14-10-9-11-15-37)49-26-41-27-54(65-53(41)31-50(49)61)45-18-13-19-46(45)60(69)59(33(3)4)64-36(7)67;1-2/h22,24-29,31-33,37,43-47,55-56,59,65H,6,9-21,23,30H2,1-5,7-8H3,(H,64,67);1-2H3/t43?,44-,45+,46?,47-,55-,56+,59-;/m0./s1. The van der Waals surface area contributed by atoms with Crippen molar-refractivity contribution >= 4 is 40.3 Å². The summed E-state index contributed by atoms with van der Waals surface area (Å²) >= 11 is 0. The summed E-state index contributed by atoms with van der Waals surface area (Å²) in [6, 6.07) is 11.7. The number of nitrogens with zero attached hydrogens (tertiary/aromatic N) is 1. The number of carbonyl (C=O) groups is 3. The van der Waals surface area contributed by atoms with Gasteiger partial charge in [-0.15, -0.1) is 0 Å². The van der Waals surface area contributed by atoms with Gasteiger partial charge in [0.05, 0.1) is 31.7 Å². The Morgan fingerprint density at radius 3 is 2.06 bits per heavy atom. The molecule has 2 heterocycles. The number of Topliss-reactive ketones (excluding diaryl/α,β-unsaturated/α-hetero) is 1. The first-order chi connectivity index (χ1) is 34.5. The molecular weight excluding hydrogens is 908 g/mol. The lowest BCUT2D eigenvalue weighted by molar-refractivity contribution is -0.141. The molecule has 388 valence electrons. The SMILES string of the molecule is C=C(C1CCC[C@H]1C1=Cc2cc([C@@H]3CC[C@H](c4cc5cc([C@@H]6CCCC6C(=O)[C@@H](NC(C)=O)C(C)C)[nH]c5cc4F)N3c3cc(F)c(C4CCCCC4)c(F)c3)c(C)cc2C1)[C@@H](CC(=O)OC)C(C)C.CC. The Kier molecular flexibility index (Phi) is 16.7. The smallest absolute Gasteiger partial charge is 0.306 e. The van der Waals surface area contributed by atoms with Crippen molar-refractivity contribution in [1.82, 2.24) is 10.3 Å². The fourth-order valence-electron chi connectivity index (χ4n) is 14.0. The fourth-order valence-corrected chi connectivity index (χ4v) is 14.0. The van der Waals surface area contributed by atoms with Crippen LogP contribution in [0.3, 0.4) is 0 Å². The van der Waals surface area contributed by atoms with E-state index in [0.29, 0.717) is 41.9 Å². The van der Waals surface area contributed by atoms with Crippen molar-refractivity contribution in [2.45, 2.75) is 182 Å². The van der Waals surface area contributed by atoms with Crippen LogP contribution in [0.4, 0.5) is 18.9 Å². The number of ketones is 1. The molecule has 2 unspecified atom stereocenters. The lowest BCUT2D eigenvalue weighted by Crippen LogP contribution is -2.46. The minimum Gasteiger partial charge on any atom is -0.469 e. The Hall–Kier alpha value is -5.12. The number of aromatic amines is 1.